The van der Waals surface area contributed by atoms with Crippen molar-refractivity contribution >= 4 is 17.9 Å². The van der Waals surface area contributed by atoms with Crippen LogP contribution >= 0.6 is 11.6 Å². The van der Waals surface area contributed by atoms with Crippen molar-refractivity contribution in [3.05, 3.63) is 58.4 Å². The van der Waals surface area contributed by atoms with E-state index in [1.165, 1.54) is 24.5 Å². The molecule has 3 nitrogen and oxygen atoms in total. The molecular weight excluding hydrogens is 243 g/mol. The lowest BCUT2D eigenvalue weighted by Gasteiger charge is -2.03. The third kappa shape index (κ3) is 2.85. The van der Waals surface area contributed by atoms with Crippen LogP contribution in [0.25, 0.3) is 0 Å². The van der Waals surface area contributed by atoms with Crippen molar-refractivity contribution < 1.29 is 9.18 Å². The average molecular weight is 251 g/mol. The van der Waals surface area contributed by atoms with Crippen molar-refractivity contribution in [2.24, 2.45) is 0 Å². The Morgan fingerprint density at radius 1 is 1.29 bits per heavy atom. The quantitative estimate of drug-likeness (QED) is 0.787. The van der Waals surface area contributed by atoms with Gasteiger partial charge < -0.3 is 0 Å². The number of carbonyl (C=O) groups excluding carboxylic acids is 1. The molecule has 0 N–H and O–H groups in total. The molecule has 2 rings (SSSR count). The number of benzene rings is 1. The molecule has 0 bridgehead atoms. The Morgan fingerprint density at radius 3 is 2.59 bits per heavy atom. The van der Waals surface area contributed by atoms with E-state index in [0.29, 0.717) is 29.1 Å². The van der Waals surface area contributed by atoms with Gasteiger partial charge in [0.05, 0.1) is 5.56 Å². The van der Waals surface area contributed by atoms with Gasteiger partial charge in [0.2, 0.25) is 0 Å². The number of rotatable bonds is 3. The molecule has 0 radical (unpaired) electrons. The van der Waals surface area contributed by atoms with Crippen LogP contribution in [0.15, 0.2) is 30.6 Å². The Morgan fingerprint density at radius 2 is 2.00 bits per heavy atom. The molecule has 1 aromatic heterocycles. The first-order valence-corrected chi connectivity index (χ1v) is 5.27. The van der Waals surface area contributed by atoms with Crippen molar-refractivity contribution in [2.75, 3.05) is 0 Å². The Hall–Kier alpha value is -1.81. The van der Waals surface area contributed by atoms with E-state index < -0.39 is 0 Å². The predicted molar refractivity (Wildman–Crippen MR) is 61.6 cm³/mol. The molecule has 0 amide bonds. The summed E-state index contributed by atoms with van der Waals surface area (Å²) >= 11 is 5.89. The van der Waals surface area contributed by atoms with Crippen molar-refractivity contribution in [2.45, 2.75) is 6.42 Å². The maximum atomic E-state index is 12.8. The fraction of sp³-hybridized carbons (Fsp3) is 0.0833. The molecular formula is C12H8ClFN2O. The van der Waals surface area contributed by atoms with Crippen LogP contribution in [0.3, 0.4) is 0 Å². The minimum Gasteiger partial charge on any atom is -0.298 e. The summed E-state index contributed by atoms with van der Waals surface area (Å²) < 4.78 is 12.8. The maximum absolute atomic E-state index is 12.8. The Bertz CT molecular complexity index is 543. The summed E-state index contributed by atoms with van der Waals surface area (Å²) in [5.41, 5.74) is 1.16. The summed E-state index contributed by atoms with van der Waals surface area (Å²) in [6.45, 7) is 0. The summed E-state index contributed by atoms with van der Waals surface area (Å²) in [5.74, 6) is 0.153. The second-order valence-electron chi connectivity index (χ2n) is 3.46. The summed E-state index contributed by atoms with van der Waals surface area (Å²) in [4.78, 5) is 18.5. The molecule has 1 heterocycles. The van der Waals surface area contributed by atoms with Crippen LogP contribution in [0.2, 0.25) is 5.02 Å². The number of carbonyl (C=O) groups is 1. The Labute approximate surface area is 102 Å². The van der Waals surface area contributed by atoms with Crippen LogP contribution in [-0.2, 0) is 6.42 Å². The second-order valence-corrected chi connectivity index (χ2v) is 3.87. The van der Waals surface area contributed by atoms with Crippen molar-refractivity contribution in [1.82, 2.24) is 9.97 Å². The highest BCUT2D eigenvalue weighted by Gasteiger charge is 2.05. The highest BCUT2D eigenvalue weighted by molar-refractivity contribution is 6.31. The first-order valence-electron chi connectivity index (χ1n) is 4.89. The highest BCUT2D eigenvalue weighted by atomic mass is 35.5. The molecule has 0 aliphatic heterocycles. The van der Waals surface area contributed by atoms with Gasteiger partial charge >= 0.3 is 0 Å². The number of hydrogen-bond donors (Lipinski definition) is 0. The minimum absolute atomic E-state index is 0.341. The monoisotopic (exact) mass is 250 g/mol. The highest BCUT2D eigenvalue weighted by Crippen LogP contribution is 2.19. The van der Waals surface area contributed by atoms with Crippen LogP contribution in [0.5, 0.6) is 0 Å². The average Bonchev–Trinajstić information content (AvgIpc) is 2.34. The van der Waals surface area contributed by atoms with Gasteiger partial charge in [-0.2, -0.15) is 0 Å². The van der Waals surface area contributed by atoms with Gasteiger partial charge in [0, 0.05) is 23.8 Å². The molecule has 0 spiro atoms. The second kappa shape index (κ2) is 5.01. The number of aldehydes is 1. The SMILES string of the molecule is O=Cc1cnc(Cc2ccc(F)cc2Cl)nc1. The molecule has 0 atom stereocenters. The lowest BCUT2D eigenvalue weighted by molar-refractivity contribution is 0.112. The lowest BCUT2D eigenvalue weighted by atomic mass is 10.1. The zero-order valence-electron chi connectivity index (χ0n) is 8.73. The number of aromatic nitrogens is 2. The molecule has 5 heteroatoms. The van der Waals surface area contributed by atoms with Gasteiger partial charge in [-0.05, 0) is 17.7 Å². The molecule has 0 saturated heterocycles. The number of halogens is 2. The molecule has 0 saturated carbocycles. The van der Waals surface area contributed by atoms with Gasteiger partial charge in [-0.3, -0.25) is 4.79 Å². The number of nitrogens with zero attached hydrogens (tertiary/aromatic N) is 2. The maximum Gasteiger partial charge on any atom is 0.153 e. The Kier molecular flexibility index (Phi) is 3.44. The van der Waals surface area contributed by atoms with Gasteiger partial charge in [-0.15, -0.1) is 0 Å². The van der Waals surface area contributed by atoms with Crippen molar-refractivity contribution in [3.8, 4) is 0 Å². The topological polar surface area (TPSA) is 42.9 Å². The predicted octanol–water partition coefficient (Wildman–Crippen LogP) is 2.67. The van der Waals surface area contributed by atoms with Gasteiger partial charge in [-0.25, -0.2) is 14.4 Å². The molecule has 2 aromatic rings. The van der Waals surface area contributed by atoms with E-state index in [1.54, 1.807) is 6.07 Å². The fourth-order valence-corrected chi connectivity index (χ4v) is 1.59. The van der Waals surface area contributed by atoms with Gasteiger partial charge in [0.15, 0.2) is 6.29 Å². The zero-order valence-corrected chi connectivity index (χ0v) is 9.49. The molecule has 86 valence electrons. The smallest absolute Gasteiger partial charge is 0.153 e. The van der Waals surface area contributed by atoms with Gasteiger partial charge in [-0.1, -0.05) is 17.7 Å². The third-order valence-electron chi connectivity index (χ3n) is 2.23. The van der Waals surface area contributed by atoms with E-state index >= 15 is 0 Å². The lowest BCUT2D eigenvalue weighted by Crippen LogP contribution is -1.98. The van der Waals surface area contributed by atoms with E-state index in [4.69, 9.17) is 11.6 Å². The molecule has 0 fully saturated rings. The van der Waals surface area contributed by atoms with Crippen LogP contribution in [0.1, 0.15) is 21.7 Å². The largest absolute Gasteiger partial charge is 0.298 e. The standard InChI is InChI=1S/C12H8ClFN2O/c13-11-4-10(14)2-1-9(11)3-12-15-5-8(7-17)6-16-12/h1-2,4-7H,3H2. The Balaban J connectivity index is 2.22. The van der Waals surface area contributed by atoms with E-state index in [-0.39, 0.29) is 5.82 Å². The van der Waals surface area contributed by atoms with Crippen LogP contribution in [-0.4, -0.2) is 16.3 Å². The molecule has 0 unspecified atom stereocenters. The van der Waals surface area contributed by atoms with Crippen LogP contribution in [0.4, 0.5) is 4.39 Å². The first-order chi connectivity index (χ1) is 8.19. The van der Waals surface area contributed by atoms with Crippen LogP contribution < -0.4 is 0 Å². The molecule has 0 aliphatic rings. The summed E-state index contributed by atoms with van der Waals surface area (Å²) in [6, 6.07) is 4.17. The van der Waals surface area contributed by atoms with E-state index in [1.807, 2.05) is 0 Å². The molecule has 0 aliphatic carbocycles. The van der Waals surface area contributed by atoms with Crippen molar-refractivity contribution in [3.63, 3.8) is 0 Å². The molecule has 1 aromatic carbocycles. The summed E-state index contributed by atoms with van der Waals surface area (Å²) in [6.07, 6.45) is 3.95. The fourth-order valence-electron chi connectivity index (χ4n) is 1.35. The third-order valence-corrected chi connectivity index (χ3v) is 2.58. The van der Waals surface area contributed by atoms with Crippen molar-refractivity contribution in [1.29, 1.82) is 0 Å². The minimum atomic E-state index is -0.379. The van der Waals surface area contributed by atoms with Crippen LogP contribution in [0, 0.1) is 5.82 Å². The van der Waals surface area contributed by atoms with E-state index in [0.717, 1.165) is 5.56 Å². The first kappa shape index (κ1) is 11.7. The molecule has 17 heavy (non-hydrogen) atoms. The zero-order chi connectivity index (χ0) is 12.3. The number of hydrogen-bond acceptors (Lipinski definition) is 3. The summed E-state index contributed by atoms with van der Waals surface area (Å²) in [5, 5.41) is 0.341. The van der Waals surface area contributed by atoms with Gasteiger partial charge in [0.25, 0.3) is 0 Å². The van der Waals surface area contributed by atoms with E-state index in [9.17, 15) is 9.18 Å². The summed E-state index contributed by atoms with van der Waals surface area (Å²) in [7, 11) is 0. The van der Waals surface area contributed by atoms with E-state index in [2.05, 4.69) is 9.97 Å². The van der Waals surface area contributed by atoms with Gasteiger partial charge in [0.1, 0.15) is 11.6 Å². The normalized spacial score (nSPS) is 10.2.